The molecule has 1 saturated carbocycles. The standard InChI is InChI=1S/C22H32N6O/c1-2-16-13-18(9-12-24-16)27-22-25-14-20(15-7-10-23-11-8-15)21(28-22)26-17-3-5-19(29)6-4-17/h9,12-15,17,19,23,29H,2-8,10-11H2,1H3,(H2,24,25,26,27,28)/t17-,19-. The molecule has 156 valence electrons. The summed E-state index contributed by atoms with van der Waals surface area (Å²) in [7, 11) is 0. The van der Waals surface area contributed by atoms with Crippen LogP contribution in [0, 0.1) is 0 Å². The number of anilines is 3. The number of nitrogens with zero attached hydrogens (tertiary/aromatic N) is 3. The molecule has 2 fully saturated rings. The zero-order valence-corrected chi connectivity index (χ0v) is 17.2. The Morgan fingerprint density at radius 2 is 1.90 bits per heavy atom. The summed E-state index contributed by atoms with van der Waals surface area (Å²) >= 11 is 0. The van der Waals surface area contributed by atoms with Crippen LogP contribution in [0.4, 0.5) is 17.5 Å². The van der Waals surface area contributed by atoms with Gasteiger partial charge in [-0.2, -0.15) is 4.98 Å². The summed E-state index contributed by atoms with van der Waals surface area (Å²) in [6.07, 6.45) is 10.4. The zero-order valence-electron chi connectivity index (χ0n) is 17.2. The van der Waals surface area contributed by atoms with Gasteiger partial charge in [0, 0.05) is 35.4 Å². The van der Waals surface area contributed by atoms with E-state index in [1.165, 1.54) is 5.56 Å². The summed E-state index contributed by atoms with van der Waals surface area (Å²) in [4.78, 5) is 13.9. The third-order valence-corrected chi connectivity index (χ3v) is 6.07. The molecule has 0 spiro atoms. The molecule has 7 heteroatoms. The Bertz CT molecular complexity index is 800. The number of aliphatic hydroxyl groups is 1. The maximum Gasteiger partial charge on any atom is 0.229 e. The maximum atomic E-state index is 9.83. The lowest BCUT2D eigenvalue weighted by molar-refractivity contribution is 0.126. The van der Waals surface area contributed by atoms with Crippen LogP contribution in [0.2, 0.25) is 0 Å². The van der Waals surface area contributed by atoms with Crippen molar-refractivity contribution in [2.24, 2.45) is 0 Å². The fraction of sp³-hybridized carbons (Fsp3) is 0.591. The normalized spacial score (nSPS) is 23.0. The van der Waals surface area contributed by atoms with Crippen LogP contribution in [-0.2, 0) is 6.42 Å². The van der Waals surface area contributed by atoms with Gasteiger partial charge >= 0.3 is 0 Å². The monoisotopic (exact) mass is 396 g/mol. The van der Waals surface area contributed by atoms with E-state index in [9.17, 15) is 5.11 Å². The van der Waals surface area contributed by atoms with Crippen LogP contribution in [0.5, 0.6) is 0 Å². The van der Waals surface area contributed by atoms with Crippen molar-refractivity contribution in [2.45, 2.75) is 69.9 Å². The molecule has 2 aromatic heterocycles. The van der Waals surface area contributed by atoms with Crippen molar-refractivity contribution in [1.82, 2.24) is 20.3 Å². The number of piperidine rings is 1. The summed E-state index contributed by atoms with van der Waals surface area (Å²) < 4.78 is 0. The second kappa shape index (κ2) is 9.50. The molecule has 1 aliphatic carbocycles. The van der Waals surface area contributed by atoms with E-state index in [2.05, 4.69) is 32.8 Å². The molecule has 0 bridgehead atoms. The third-order valence-electron chi connectivity index (χ3n) is 6.07. The topological polar surface area (TPSA) is 95.0 Å². The molecule has 0 atom stereocenters. The van der Waals surface area contributed by atoms with E-state index in [0.29, 0.717) is 17.9 Å². The summed E-state index contributed by atoms with van der Waals surface area (Å²) in [5.41, 5.74) is 3.21. The molecule has 1 saturated heterocycles. The number of nitrogens with one attached hydrogen (secondary N) is 3. The molecule has 7 nitrogen and oxygen atoms in total. The average Bonchev–Trinajstić information content (AvgIpc) is 2.76. The van der Waals surface area contributed by atoms with Crippen LogP contribution in [-0.4, -0.2) is 45.3 Å². The van der Waals surface area contributed by atoms with Gasteiger partial charge in [-0.3, -0.25) is 4.98 Å². The quantitative estimate of drug-likeness (QED) is 0.595. The Kier molecular flexibility index (Phi) is 6.56. The van der Waals surface area contributed by atoms with E-state index in [1.54, 1.807) is 0 Å². The van der Waals surface area contributed by atoms with E-state index < -0.39 is 0 Å². The molecule has 0 radical (unpaired) electrons. The van der Waals surface area contributed by atoms with Gasteiger partial charge in [0.15, 0.2) is 0 Å². The lowest BCUT2D eigenvalue weighted by atomic mass is 9.90. The highest BCUT2D eigenvalue weighted by Gasteiger charge is 2.24. The fourth-order valence-electron chi connectivity index (χ4n) is 4.29. The van der Waals surface area contributed by atoms with Crippen molar-refractivity contribution >= 4 is 17.5 Å². The molecular formula is C22H32N6O. The second-order valence-corrected chi connectivity index (χ2v) is 8.19. The highest BCUT2D eigenvalue weighted by molar-refractivity contribution is 5.57. The lowest BCUT2D eigenvalue weighted by Gasteiger charge is -2.29. The first-order valence-electron chi connectivity index (χ1n) is 11.0. The predicted molar refractivity (Wildman–Crippen MR) is 116 cm³/mol. The molecule has 1 aliphatic heterocycles. The largest absolute Gasteiger partial charge is 0.393 e. The Balaban J connectivity index is 1.56. The number of hydrogen-bond donors (Lipinski definition) is 4. The minimum absolute atomic E-state index is 0.154. The number of hydrogen-bond acceptors (Lipinski definition) is 7. The molecular weight excluding hydrogens is 364 g/mol. The zero-order chi connectivity index (χ0) is 20.1. The van der Waals surface area contributed by atoms with Crippen LogP contribution in [0.1, 0.15) is 62.6 Å². The smallest absolute Gasteiger partial charge is 0.229 e. The third kappa shape index (κ3) is 5.22. The first kappa shape index (κ1) is 20.0. The lowest BCUT2D eigenvalue weighted by Crippen LogP contribution is -2.30. The summed E-state index contributed by atoms with van der Waals surface area (Å²) in [6.45, 7) is 4.17. The molecule has 29 heavy (non-hydrogen) atoms. The van der Waals surface area contributed by atoms with Crippen LogP contribution in [0.25, 0.3) is 0 Å². The van der Waals surface area contributed by atoms with Gasteiger partial charge in [-0.1, -0.05) is 6.92 Å². The number of pyridine rings is 1. The van der Waals surface area contributed by atoms with Gasteiger partial charge in [0.2, 0.25) is 5.95 Å². The molecule has 2 aromatic rings. The van der Waals surface area contributed by atoms with Crippen molar-refractivity contribution in [2.75, 3.05) is 23.7 Å². The van der Waals surface area contributed by atoms with Crippen molar-refractivity contribution in [3.8, 4) is 0 Å². The van der Waals surface area contributed by atoms with E-state index >= 15 is 0 Å². The Morgan fingerprint density at radius 3 is 2.66 bits per heavy atom. The van der Waals surface area contributed by atoms with Gasteiger partial charge in [-0.15, -0.1) is 0 Å². The van der Waals surface area contributed by atoms with E-state index in [0.717, 1.165) is 75.2 Å². The van der Waals surface area contributed by atoms with Crippen LogP contribution in [0.15, 0.2) is 24.5 Å². The summed E-state index contributed by atoms with van der Waals surface area (Å²) in [6, 6.07) is 4.34. The Hall–Kier alpha value is -2.25. The van der Waals surface area contributed by atoms with Crippen molar-refractivity contribution in [3.63, 3.8) is 0 Å². The van der Waals surface area contributed by atoms with Gasteiger partial charge in [0.1, 0.15) is 5.82 Å². The van der Waals surface area contributed by atoms with Gasteiger partial charge in [0.05, 0.1) is 6.10 Å². The molecule has 0 amide bonds. The SMILES string of the molecule is CCc1cc(Nc2ncc(C3CCNCC3)c(N[C@H]3CC[C@H](O)CC3)n2)ccn1. The number of aliphatic hydroxyl groups excluding tert-OH is 1. The van der Waals surface area contributed by atoms with E-state index in [4.69, 9.17) is 4.98 Å². The van der Waals surface area contributed by atoms with Crippen LogP contribution < -0.4 is 16.0 Å². The highest BCUT2D eigenvalue weighted by atomic mass is 16.3. The highest BCUT2D eigenvalue weighted by Crippen LogP contribution is 2.32. The summed E-state index contributed by atoms with van der Waals surface area (Å²) in [5, 5.41) is 20.3. The Labute approximate surface area is 172 Å². The van der Waals surface area contributed by atoms with E-state index in [1.807, 2.05) is 24.5 Å². The minimum atomic E-state index is -0.154. The first-order valence-corrected chi connectivity index (χ1v) is 11.0. The minimum Gasteiger partial charge on any atom is -0.393 e. The van der Waals surface area contributed by atoms with Crippen molar-refractivity contribution < 1.29 is 5.11 Å². The van der Waals surface area contributed by atoms with Gasteiger partial charge in [0.25, 0.3) is 0 Å². The molecule has 0 aromatic carbocycles. The van der Waals surface area contributed by atoms with Gasteiger partial charge in [-0.25, -0.2) is 4.98 Å². The van der Waals surface area contributed by atoms with Crippen molar-refractivity contribution in [3.05, 3.63) is 35.8 Å². The molecule has 0 unspecified atom stereocenters. The number of aromatic nitrogens is 3. The molecule has 4 rings (SSSR count). The average molecular weight is 397 g/mol. The maximum absolute atomic E-state index is 9.83. The van der Waals surface area contributed by atoms with Gasteiger partial charge in [-0.05, 0) is 76.1 Å². The summed E-state index contributed by atoms with van der Waals surface area (Å²) in [5.74, 6) is 2.03. The van der Waals surface area contributed by atoms with Gasteiger partial charge < -0.3 is 21.1 Å². The predicted octanol–water partition coefficient (Wildman–Crippen LogP) is 3.36. The molecule has 2 aliphatic rings. The Morgan fingerprint density at radius 1 is 1.10 bits per heavy atom. The second-order valence-electron chi connectivity index (χ2n) is 8.19. The molecule has 3 heterocycles. The first-order chi connectivity index (χ1) is 14.2. The van der Waals surface area contributed by atoms with Crippen LogP contribution in [0.3, 0.4) is 0 Å². The molecule has 4 N–H and O–H groups in total. The van der Waals surface area contributed by atoms with Crippen molar-refractivity contribution in [1.29, 1.82) is 0 Å². The fourth-order valence-corrected chi connectivity index (χ4v) is 4.29. The van der Waals surface area contributed by atoms with Crippen LogP contribution >= 0.6 is 0 Å². The van der Waals surface area contributed by atoms with E-state index in [-0.39, 0.29) is 6.10 Å². The number of aryl methyl sites for hydroxylation is 1. The number of rotatable bonds is 6.